The van der Waals surface area contributed by atoms with Gasteiger partial charge >= 0.3 is 0 Å². The Morgan fingerprint density at radius 2 is 2.00 bits per heavy atom. The fourth-order valence-electron chi connectivity index (χ4n) is 1.98. The molecule has 0 amide bonds. The number of aryl methyl sites for hydroxylation is 1. The van der Waals surface area contributed by atoms with Crippen molar-refractivity contribution in [3.05, 3.63) is 65.8 Å². The summed E-state index contributed by atoms with van der Waals surface area (Å²) in [7, 11) is 0. The summed E-state index contributed by atoms with van der Waals surface area (Å²) in [6.45, 7) is 8.75. The van der Waals surface area contributed by atoms with E-state index < -0.39 is 0 Å². The molecule has 1 rings (SSSR count). The van der Waals surface area contributed by atoms with Gasteiger partial charge in [0, 0.05) is 0 Å². The summed E-state index contributed by atoms with van der Waals surface area (Å²) in [4.78, 5) is 0. The van der Waals surface area contributed by atoms with Crippen LogP contribution >= 0.6 is 0 Å². The van der Waals surface area contributed by atoms with Crippen LogP contribution in [0.25, 0.3) is 5.57 Å². The third-order valence-electron chi connectivity index (χ3n) is 2.90. The highest BCUT2D eigenvalue weighted by molar-refractivity contribution is 5.78. The fourth-order valence-corrected chi connectivity index (χ4v) is 1.98. The Labute approximate surface area is 111 Å². The molecule has 0 saturated heterocycles. The summed E-state index contributed by atoms with van der Waals surface area (Å²) in [5, 5.41) is 0. The number of benzene rings is 1. The molecule has 0 aliphatic heterocycles. The molecular formula is C17H23N. The van der Waals surface area contributed by atoms with Gasteiger partial charge < -0.3 is 5.73 Å². The lowest BCUT2D eigenvalue weighted by molar-refractivity contribution is 0.831. The third-order valence-corrected chi connectivity index (χ3v) is 2.90. The average molecular weight is 241 g/mol. The van der Waals surface area contributed by atoms with E-state index in [4.69, 9.17) is 5.73 Å². The normalized spacial score (nSPS) is 10.6. The molecule has 0 bridgehead atoms. The Bertz CT molecular complexity index is 448. The molecule has 96 valence electrons. The predicted octanol–water partition coefficient (Wildman–Crippen LogP) is 4.11. The van der Waals surface area contributed by atoms with Crippen LogP contribution in [0.3, 0.4) is 0 Å². The molecule has 1 nitrogen and oxygen atoms in total. The molecule has 2 N–H and O–H groups in total. The molecule has 1 aromatic carbocycles. The van der Waals surface area contributed by atoms with Gasteiger partial charge in [-0.1, -0.05) is 54.6 Å². The van der Waals surface area contributed by atoms with Gasteiger partial charge in [0.1, 0.15) is 0 Å². The first kappa shape index (κ1) is 14.5. The minimum atomic E-state index is 0.737. The van der Waals surface area contributed by atoms with Crippen molar-refractivity contribution in [3.8, 4) is 0 Å². The van der Waals surface area contributed by atoms with Crippen molar-refractivity contribution < 1.29 is 0 Å². The van der Waals surface area contributed by atoms with Gasteiger partial charge in [-0.2, -0.15) is 0 Å². The molecule has 0 fully saturated rings. The van der Waals surface area contributed by atoms with Crippen molar-refractivity contribution in [1.82, 2.24) is 0 Å². The lowest BCUT2D eigenvalue weighted by Crippen LogP contribution is -2.02. The SMILES string of the molecule is C=C/C=C\C(=C(C)C)c1ccccc1CCCN. The molecule has 1 aromatic rings. The van der Waals surface area contributed by atoms with Crippen LogP contribution in [0.2, 0.25) is 0 Å². The molecule has 0 heterocycles. The molecule has 18 heavy (non-hydrogen) atoms. The molecule has 0 aliphatic carbocycles. The number of allylic oxidation sites excluding steroid dienone is 5. The van der Waals surface area contributed by atoms with E-state index in [1.165, 1.54) is 22.3 Å². The monoisotopic (exact) mass is 241 g/mol. The van der Waals surface area contributed by atoms with Gasteiger partial charge in [-0.25, -0.2) is 0 Å². The van der Waals surface area contributed by atoms with Gasteiger partial charge in [0.2, 0.25) is 0 Å². The van der Waals surface area contributed by atoms with E-state index in [0.717, 1.165) is 19.4 Å². The van der Waals surface area contributed by atoms with Gasteiger partial charge in [-0.3, -0.25) is 0 Å². The molecule has 0 spiro atoms. The smallest absolute Gasteiger partial charge is 0.00741 e. The minimum Gasteiger partial charge on any atom is -0.330 e. The highest BCUT2D eigenvalue weighted by Gasteiger charge is 2.05. The van der Waals surface area contributed by atoms with Crippen LogP contribution in [0, 0.1) is 0 Å². The van der Waals surface area contributed by atoms with Gasteiger partial charge in [0.25, 0.3) is 0 Å². The fraction of sp³-hybridized carbons (Fsp3) is 0.294. The average Bonchev–Trinajstić information content (AvgIpc) is 2.37. The Balaban J connectivity index is 3.16. The van der Waals surface area contributed by atoms with E-state index in [2.05, 4.69) is 50.8 Å². The molecular weight excluding hydrogens is 218 g/mol. The first-order valence-electron chi connectivity index (χ1n) is 6.45. The Morgan fingerprint density at radius 3 is 2.61 bits per heavy atom. The van der Waals surface area contributed by atoms with Crippen LogP contribution in [0.1, 0.15) is 31.4 Å². The van der Waals surface area contributed by atoms with E-state index in [1.54, 1.807) is 0 Å². The second-order valence-electron chi connectivity index (χ2n) is 4.56. The molecule has 0 aromatic heterocycles. The zero-order valence-corrected chi connectivity index (χ0v) is 11.4. The van der Waals surface area contributed by atoms with Gasteiger partial charge in [0.05, 0.1) is 0 Å². The Hall–Kier alpha value is -1.60. The van der Waals surface area contributed by atoms with E-state index >= 15 is 0 Å². The molecule has 0 atom stereocenters. The van der Waals surface area contributed by atoms with Crippen LogP contribution < -0.4 is 5.73 Å². The topological polar surface area (TPSA) is 26.0 Å². The maximum absolute atomic E-state index is 5.60. The molecule has 0 radical (unpaired) electrons. The lowest BCUT2D eigenvalue weighted by Gasteiger charge is -2.12. The second kappa shape index (κ2) is 7.67. The van der Waals surface area contributed by atoms with Crippen molar-refractivity contribution >= 4 is 5.57 Å². The largest absolute Gasteiger partial charge is 0.330 e. The molecule has 0 saturated carbocycles. The maximum atomic E-state index is 5.60. The van der Waals surface area contributed by atoms with E-state index in [-0.39, 0.29) is 0 Å². The highest BCUT2D eigenvalue weighted by atomic mass is 14.5. The Morgan fingerprint density at radius 1 is 1.28 bits per heavy atom. The van der Waals surface area contributed by atoms with Gasteiger partial charge in [-0.15, -0.1) is 0 Å². The highest BCUT2D eigenvalue weighted by Crippen LogP contribution is 2.24. The van der Waals surface area contributed by atoms with Crippen LogP contribution in [-0.4, -0.2) is 6.54 Å². The van der Waals surface area contributed by atoms with Crippen LogP contribution in [-0.2, 0) is 6.42 Å². The standard InChI is InChI=1S/C17H23N/c1-4-5-11-16(14(2)3)17-12-7-6-9-15(17)10-8-13-18/h4-7,9,11-12H,1,8,10,13,18H2,2-3H3/b11-5-. The minimum absolute atomic E-state index is 0.737. The molecule has 1 heteroatoms. The summed E-state index contributed by atoms with van der Waals surface area (Å²) < 4.78 is 0. The molecule has 0 unspecified atom stereocenters. The predicted molar refractivity (Wildman–Crippen MR) is 81.4 cm³/mol. The zero-order chi connectivity index (χ0) is 13.4. The zero-order valence-electron chi connectivity index (χ0n) is 11.4. The number of rotatable bonds is 6. The van der Waals surface area contributed by atoms with Gasteiger partial charge in [-0.05, 0) is 49.9 Å². The number of nitrogens with two attached hydrogens (primary N) is 1. The van der Waals surface area contributed by atoms with E-state index in [1.807, 2.05) is 12.2 Å². The van der Waals surface area contributed by atoms with Crippen LogP contribution in [0.15, 0.2) is 54.6 Å². The summed E-state index contributed by atoms with van der Waals surface area (Å²) in [5.74, 6) is 0. The van der Waals surface area contributed by atoms with Crippen molar-refractivity contribution in [2.45, 2.75) is 26.7 Å². The first-order valence-corrected chi connectivity index (χ1v) is 6.45. The van der Waals surface area contributed by atoms with E-state index in [9.17, 15) is 0 Å². The lowest BCUT2D eigenvalue weighted by atomic mass is 9.93. The number of hydrogen-bond donors (Lipinski definition) is 1. The first-order chi connectivity index (χ1) is 8.70. The van der Waals surface area contributed by atoms with Gasteiger partial charge in [0.15, 0.2) is 0 Å². The van der Waals surface area contributed by atoms with Crippen molar-refractivity contribution in [2.24, 2.45) is 5.73 Å². The van der Waals surface area contributed by atoms with Crippen molar-refractivity contribution in [2.75, 3.05) is 6.54 Å². The van der Waals surface area contributed by atoms with Crippen molar-refractivity contribution in [1.29, 1.82) is 0 Å². The summed E-state index contributed by atoms with van der Waals surface area (Å²) in [5.41, 5.74) is 10.9. The summed E-state index contributed by atoms with van der Waals surface area (Å²) >= 11 is 0. The molecule has 0 aliphatic rings. The quantitative estimate of drug-likeness (QED) is 0.745. The van der Waals surface area contributed by atoms with Crippen LogP contribution in [0.5, 0.6) is 0 Å². The second-order valence-corrected chi connectivity index (χ2v) is 4.56. The summed E-state index contributed by atoms with van der Waals surface area (Å²) in [6.07, 6.45) is 7.99. The summed E-state index contributed by atoms with van der Waals surface area (Å²) in [6, 6.07) is 8.55. The third kappa shape index (κ3) is 4.01. The van der Waals surface area contributed by atoms with E-state index in [0.29, 0.717) is 0 Å². The Kier molecular flexibility index (Phi) is 6.16. The van der Waals surface area contributed by atoms with Crippen LogP contribution in [0.4, 0.5) is 0 Å². The maximum Gasteiger partial charge on any atom is -0.00741 e. The van der Waals surface area contributed by atoms with Crippen molar-refractivity contribution in [3.63, 3.8) is 0 Å². The number of hydrogen-bond acceptors (Lipinski definition) is 1.